The number of nitrogens with zero attached hydrogens (tertiary/aromatic N) is 1. The van der Waals surface area contributed by atoms with Crippen LogP contribution in [-0.2, 0) is 0 Å². The van der Waals surface area contributed by atoms with Crippen LogP contribution in [0.15, 0.2) is 27.1 Å². The maximum absolute atomic E-state index is 10.9. The van der Waals surface area contributed by atoms with Gasteiger partial charge in [-0.25, -0.2) is 14.6 Å². The molecule has 0 aliphatic rings. The van der Waals surface area contributed by atoms with Gasteiger partial charge in [0.25, 0.3) is 0 Å². The minimum Gasteiger partial charge on any atom is -0.476 e. The Morgan fingerprint density at radius 3 is 2.47 bits per heavy atom. The Kier molecular flexibility index (Phi) is 3.39. The van der Waals surface area contributed by atoms with E-state index >= 15 is 0 Å². The SMILES string of the molecule is Cc1cccc(-c2nc(C(=O)O)c(C(=O)O)o2)c1Br. The third kappa shape index (κ3) is 2.37. The lowest BCUT2D eigenvalue weighted by atomic mass is 10.1. The molecule has 0 spiro atoms. The summed E-state index contributed by atoms with van der Waals surface area (Å²) in [6.45, 7) is 1.84. The molecule has 0 fully saturated rings. The molecule has 1 aromatic carbocycles. The molecule has 6 nitrogen and oxygen atoms in total. The Morgan fingerprint density at radius 1 is 1.26 bits per heavy atom. The van der Waals surface area contributed by atoms with Gasteiger partial charge < -0.3 is 14.6 Å². The van der Waals surface area contributed by atoms with Gasteiger partial charge in [-0.2, -0.15) is 0 Å². The summed E-state index contributed by atoms with van der Waals surface area (Å²) in [5, 5.41) is 17.8. The van der Waals surface area contributed by atoms with Crippen LogP contribution < -0.4 is 0 Å². The van der Waals surface area contributed by atoms with Crippen LogP contribution in [0.1, 0.15) is 26.6 Å². The number of aryl methyl sites for hydroxylation is 1. The minimum atomic E-state index is -1.47. The van der Waals surface area contributed by atoms with Crippen molar-refractivity contribution in [2.75, 3.05) is 0 Å². The molecule has 1 heterocycles. The van der Waals surface area contributed by atoms with Crippen LogP contribution in [0.2, 0.25) is 0 Å². The molecule has 2 N–H and O–H groups in total. The van der Waals surface area contributed by atoms with Crippen LogP contribution in [0, 0.1) is 6.92 Å². The smallest absolute Gasteiger partial charge is 0.374 e. The number of carbonyl (C=O) groups is 2. The Bertz CT molecular complexity index is 645. The first-order valence-corrected chi connectivity index (χ1v) is 5.94. The zero-order valence-electron chi connectivity index (χ0n) is 9.68. The number of oxazole rings is 1. The van der Waals surface area contributed by atoms with Crippen molar-refractivity contribution in [2.45, 2.75) is 6.92 Å². The number of carboxylic acid groups (broad SMARTS) is 2. The molecule has 7 heteroatoms. The molecule has 0 radical (unpaired) electrons. The highest BCUT2D eigenvalue weighted by molar-refractivity contribution is 9.10. The van der Waals surface area contributed by atoms with E-state index in [1.165, 1.54) is 0 Å². The first-order chi connectivity index (χ1) is 8.91. The van der Waals surface area contributed by atoms with Crippen LogP contribution >= 0.6 is 15.9 Å². The number of aromatic carboxylic acids is 2. The topological polar surface area (TPSA) is 101 Å². The standard InChI is InChI=1S/C12H8BrNO5/c1-5-3-2-4-6(7(5)13)10-14-8(11(15)16)9(19-10)12(17)18/h2-4H,1H3,(H,15,16)(H,17,18). The van der Waals surface area contributed by atoms with Gasteiger partial charge in [0.05, 0.1) is 5.56 Å². The van der Waals surface area contributed by atoms with E-state index < -0.39 is 23.4 Å². The summed E-state index contributed by atoms with van der Waals surface area (Å²) >= 11 is 3.33. The average molecular weight is 326 g/mol. The molecule has 19 heavy (non-hydrogen) atoms. The number of aromatic nitrogens is 1. The molecule has 0 bridgehead atoms. The molecule has 1 aromatic heterocycles. The third-order valence-corrected chi connectivity index (χ3v) is 3.50. The molecule has 2 aromatic rings. The quantitative estimate of drug-likeness (QED) is 0.899. The summed E-state index contributed by atoms with van der Waals surface area (Å²) in [5.41, 5.74) is 0.773. The minimum absolute atomic E-state index is 0.0506. The average Bonchev–Trinajstić information content (AvgIpc) is 2.77. The molecule has 98 valence electrons. The number of hydrogen-bond donors (Lipinski definition) is 2. The fourth-order valence-corrected chi connectivity index (χ4v) is 1.97. The monoisotopic (exact) mass is 325 g/mol. The van der Waals surface area contributed by atoms with E-state index in [2.05, 4.69) is 20.9 Å². The lowest BCUT2D eigenvalue weighted by molar-refractivity contribution is 0.0624. The van der Waals surface area contributed by atoms with E-state index in [0.717, 1.165) is 5.56 Å². The maximum Gasteiger partial charge on any atom is 0.374 e. The Balaban J connectivity index is 2.64. The van der Waals surface area contributed by atoms with E-state index in [-0.39, 0.29) is 5.89 Å². The second-order valence-electron chi connectivity index (χ2n) is 3.74. The van der Waals surface area contributed by atoms with Crippen LogP contribution in [0.25, 0.3) is 11.5 Å². The summed E-state index contributed by atoms with van der Waals surface area (Å²) < 4.78 is 5.71. The lowest BCUT2D eigenvalue weighted by Crippen LogP contribution is -2.05. The Labute approximate surface area is 115 Å². The van der Waals surface area contributed by atoms with Gasteiger partial charge in [-0.3, -0.25) is 0 Å². The van der Waals surface area contributed by atoms with E-state index in [0.29, 0.717) is 10.0 Å². The fourth-order valence-electron chi connectivity index (χ4n) is 1.54. The van der Waals surface area contributed by atoms with Crippen LogP contribution in [0.3, 0.4) is 0 Å². The number of benzene rings is 1. The van der Waals surface area contributed by atoms with E-state index in [4.69, 9.17) is 14.6 Å². The molecular weight excluding hydrogens is 318 g/mol. The van der Waals surface area contributed by atoms with Gasteiger partial charge in [-0.05, 0) is 34.5 Å². The molecule has 0 aliphatic heterocycles. The summed E-state index contributed by atoms with van der Waals surface area (Å²) in [4.78, 5) is 25.6. The summed E-state index contributed by atoms with van der Waals surface area (Å²) in [5.74, 6) is -3.66. The summed E-state index contributed by atoms with van der Waals surface area (Å²) in [7, 11) is 0. The van der Waals surface area contributed by atoms with Gasteiger partial charge in [-0.15, -0.1) is 0 Å². The largest absolute Gasteiger partial charge is 0.476 e. The molecule has 0 amide bonds. The number of rotatable bonds is 3. The second kappa shape index (κ2) is 4.85. The van der Waals surface area contributed by atoms with Crippen LogP contribution in [-0.4, -0.2) is 27.1 Å². The number of halogens is 1. The van der Waals surface area contributed by atoms with Crippen molar-refractivity contribution in [3.8, 4) is 11.5 Å². The Hall–Kier alpha value is -2.15. The lowest BCUT2D eigenvalue weighted by Gasteiger charge is -2.02. The molecule has 0 aliphatic carbocycles. The molecule has 2 rings (SSSR count). The van der Waals surface area contributed by atoms with Gasteiger partial charge in [0.1, 0.15) is 0 Å². The molecule has 0 saturated heterocycles. The zero-order valence-corrected chi connectivity index (χ0v) is 11.3. The van der Waals surface area contributed by atoms with Crippen molar-refractivity contribution >= 4 is 27.9 Å². The highest BCUT2D eigenvalue weighted by atomic mass is 79.9. The van der Waals surface area contributed by atoms with Gasteiger partial charge >= 0.3 is 11.9 Å². The normalized spacial score (nSPS) is 10.4. The molecule has 0 saturated carbocycles. The maximum atomic E-state index is 10.9. The van der Waals surface area contributed by atoms with Crippen LogP contribution in [0.5, 0.6) is 0 Å². The van der Waals surface area contributed by atoms with E-state index in [9.17, 15) is 9.59 Å². The van der Waals surface area contributed by atoms with Gasteiger partial charge in [-0.1, -0.05) is 12.1 Å². The van der Waals surface area contributed by atoms with Crippen molar-refractivity contribution in [1.29, 1.82) is 0 Å². The van der Waals surface area contributed by atoms with E-state index in [1.807, 2.05) is 13.0 Å². The zero-order chi connectivity index (χ0) is 14.2. The van der Waals surface area contributed by atoms with Crippen molar-refractivity contribution < 1.29 is 24.2 Å². The van der Waals surface area contributed by atoms with Crippen molar-refractivity contribution in [2.24, 2.45) is 0 Å². The van der Waals surface area contributed by atoms with Crippen molar-refractivity contribution in [1.82, 2.24) is 4.98 Å². The first kappa shape index (κ1) is 13.3. The summed E-state index contributed by atoms with van der Waals surface area (Å²) in [6, 6.07) is 5.23. The molecule has 0 unspecified atom stereocenters. The molecule has 0 atom stereocenters. The second-order valence-corrected chi connectivity index (χ2v) is 4.54. The van der Waals surface area contributed by atoms with Crippen molar-refractivity contribution in [3.05, 3.63) is 39.7 Å². The van der Waals surface area contributed by atoms with Crippen LogP contribution in [0.4, 0.5) is 0 Å². The first-order valence-electron chi connectivity index (χ1n) is 5.14. The highest BCUT2D eigenvalue weighted by Crippen LogP contribution is 2.31. The van der Waals surface area contributed by atoms with Gasteiger partial charge in [0, 0.05) is 4.47 Å². The number of hydrogen-bond acceptors (Lipinski definition) is 4. The van der Waals surface area contributed by atoms with Crippen molar-refractivity contribution in [3.63, 3.8) is 0 Å². The van der Waals surface area contributed by atoms with E-state index in [1.54, 1.807) is 12.1 Å². The highest BCUT2D eigenvalue weighted by Gasteiger charge is 2.26. The predicted molar refractivity (Wildman–Crippen MR) is 68.3 cm³/mol. The molecular formula is C12H8BrNO5. The third-order valence-electron chi connectivity index (χ3n) is 2.45. The number of carboxylic acids is 2. The van der Waals surface area contributed by atoms with Gasteiger partial charge in [0.2, 0.25) is 17.3 Å². The predicted octanol–water partition coefficient (Wildman–Crippen LogP) is 2.81. The summed E-state index contributed by atoms with van der Waals surface area (Å²) in [6.07, 6.45) is 0. The fraction of sp³-hybridized carbons (Fsp3) is 0.0833. The van der Waals surface area contributed by atoms with Gasteiger partial charge in [0.15, 0.2) is 0 Å². The Morgan fingerprint density at radius 2 is 1.95 bits per heavy atom.